The van der Waals surface area contributed by atoms with Gasteiger partial charge in [0.05, 0.1) is 0 Å². The van der Waals surface area contributed by atoms with Crippen molar-refractivity contribution in [2.75, 3.05) is 13.1 Å². The van der Waals surface area contributed by atoms with E-state index < -0.39 is 0 Å². The van der Waals surface area contributed by atoms with E-state index in [1.165, 1.54) is 5.56 Å². The third-order valence-corrected chi connectivity index (χ3v) is 4.24. The van der Waals surface area contributed by atoms with E-state index in [9.17, 15) is 4.79 Å². The molecule has 3 heteroatoms. The molecule has 0 saturated heterocycles. The van der Waals surface area contributed by atoms with Crippen LogP contribution in [0, 0.1) is 5.92 Å². The fourth-order valence-electron chi connectivity index (χ4n) is 2.84. The Kier molecular flexibility index (Phi) is 5.40. The van der Waals surface area contributed by atoms with Gasteiger partial charge in [0.2, 0.25) is 5.91 Å². The van der Waals surface area contributed by atoms with Gasteiger partial charge in [-0.2, -0.15) is 0 Å². The second-order valence-corrected chi connectivity index (χ2v) is 6.87. The van der Waals surface area contributed by atoms with Gasteiger partial charge in [-0.15, -0.1) is 0 Å². The van der Waals surface area contributed by atoms with E-state index in [2.05, 4.69) is 61.7 Å². The van der Waals surface area contributed by atoms with Crippen LogP contribution < -0.4 is 10.6 Å². The third kappa shape index (κ3) is 5.16. The molecule has 1 fully saturated rings. The first-order chi connectivity index (χ1) is 9.99. The maximum atomic E-state index is 11.5. The summed E-state index contributed by atoms with van der Waals surface area (Å²) < 4.78 is 0. The number of amides is 1. The van der Waals surface area contributed by atoms with E-state index in [1.54, 1.807) is 0 Å². The number of hydrogen-bond donors (Lipinski definition) is 2. The quantitative estimate of drug-likeness (QED) is 0.722. The Labute approximate surface area is 128 Å². The Morgan fingerprint density at radius 1 is 1.24 bits per heavy atom. The Balaban J connectivity index is 1.68. The molecule has 1 atom stereocenters. The van der Waals surface area contributed by atoms with E-state index in [-0.39, 0.29) is 11.3 Å². The SMILES string of the molecule is CC(CC(C)(C)c1ccccc1)NCCNC(=O)C1CC1. The predicted octanol–water partition coefficient (Wildman–Crippen LogP) is 2.86. The Hall–Kier alpha value is -1.35. The van der Waals surface area contributed by atoms with Crippen LogP contribution in [0.2, 0.25) is 0 Å². The van der Waals surface area contributed by atoms with Crippen LogP contribution in [-0.4, -0.2) is 25.0 Å². The van der Waals surface area contributed by atoms with E-state index in [4.69, 9.17) is 0 Å². The van der Waals surface area contributed by atoms with Gasteiger partial charge in [0.25, 0.3) is 0 Å². The minimum absolute atomic E-state index is 0.158. The topological polar surface area (TPSA) is 41.1 Å². The molecular formula is C18H28N2O. The molecule has 1 aliphatic rings. The minimum atomic E-state index is 0.158. The summed E-state index contributed by atoms with van der Waals surface area (Å²) in [4.78, 5) is 11.5. The van der Waals surface area contributed by atoms with Crippen molar-refractivity contribution in [1.29, 1.82) is 0 Å². The lowest BCUT2D eigenvalue weighted by Crippen LogP contribution is -2.38. The number of carbonyl (C=O) groups is 1. The van der Waals surface area contributed by atoms with Crippen molar-refractivity contribution in [3.05, 3.63) is 35.9 Å². The van der Waals surface area contributed by atoms with Gasteiger partial charge in [0, 0.05) is 25.0 Å². The summed E-state index contributed by atoms with van der Waals surface area (Å²) in [5, 5.41) is 6.50. The van der Waals surface area contributed by atoms with Crippen LogP contribution in [0.1, 0.15) is 45.6 Å². The fraction of sp³-hybridized carbons (Fsp3) is 0.611. The predicted molar refractivity (Wildman–Crippen MR) is 87.3 cm³/mol. The molecule has 3 nitrogen and oxygen atoms in total. The van der Waals surface area contributed by atoms with Crippen LogP contribution in [-0.2, 0) is 10.2 Å². The summed E-state index contributed by atoms with van der Waals surface area (Å²) in [6.45, 7) is 8.36. The van der Waals surface area contributed by atoms with Gasteiger partial charge in [-0.3, -0.25) is 4.79 Å². The molecule has 1 amide bonds. The third-order valence-electron chi connectivity index (χ3n) is 4.24. The Bertz CT molecular complexity index is 452. The summed E-state index contributed by atoms with van der Waals surface area (Å²) in [5.41, 5.74) is 1.53. The molecule has 0 aliphatic heterocycles. The summed E-state index contributed by atoms with van der Waals surface area (Å²) in [5.74, 6) is 0.536. The molecule has 0 radical (unpaired) electrons. The van der Waals surface area contributed by atoms with E-state index in [1.807, 2.05) is 0 Å². The van der Waals surface area contributed by atoms with Crippen molar-refractivity contribution in [3.63, 3.8) is 0 Å². The summed E-state index contributed by atoms with van der Waals surface area (Å²) >= 11 is 0. The van der Waals surface area contributed by atoms with Gasteiger partial charge < -0.3 is 10.6 Å². The molecule has 1 unspecified atom stereocenters. The molecule has 2 rings (SSSR count). The van der Waals surface area contributed by atoms with Crippen LogP contribution >= 0.6 is 0 Å². The first-order valence-electron chi connectivity index (χ1n) is 8.05. The van der Waals surface area contributed by atoms with Crippen molar-refractivity contribution in [1.82, 2.24) is 10.6 Å². The van der Waals surface area contributed by atoms with Crippen LogP contribution in [0.25, 0.3) is 0 Å². The maximum Gasteiger partial charge on any atom is 0.223 e. The highest BCUT2D eigenvalue weighted by molar-refractivity contribution is 5.80. The second-order valence-electron chi connectivity index (χ2n) is 6.87. The molecule has 0 heterocycles. The molecule has 2 N–H and O–H groups in total. The van der Waals surface area contributed by atoms with Gasteiger partial charge in [0.15, 0.2) is 0 Å². The molecule has 1 aromatic rings. The van der Waals surface area contributed by atoms with Crippen molar-refractivity contribution in [2.45, 2.75) is 51.5 Å². The molecular weight excluding hydrogens is 260 g/mol. The molecule has 0 spiro atoms. The zero-order chi connectivity index (χ0) is 15.3. The highest BCUT2D eigenvalue weighted by Crippen LogP contribution is 2.29. The second kappa shape index (κ2) is 7.08. The molecule has 21 heavy (non-hydrogen) atoms. The Morgan fingerprint density at radius 3 is 2.52 bits per heavy atom. The standard InChI is InChI=1S/C18H28N2O/c1-14(19-11-12-20-17(21)15-9-10-15)13-18(2,3)16-7-5-4-6-8-16/h4-8,14-15,19H,9-13H2,1-3H3,(H,20,21). The lowest BCUT2D eigenvalue weighted by Gasteiger charge is -2.29. The zero-order valence-electron chi connectivity index (χ0n) is 13.5. The van der Waals surface area contributed by atoms with Crippen LogP contribution in [0.15, 0.2) is 30.3 Å². The van der Waals surface area contributed by atoms with Crippen molar-refractivity contribution >= 4 is 5.91 Å². The average Bonchev–Trinajstić information content (AvgIpc) is 3.28. The largest absolute Gasteiger partial charge is 0.355 e. The number of benzene rings is 1. The van der Waals surface area contributed by atoms with Crippen molar-refractivity contribution < 1.29 is 4.79 Å². The summed E-state index contributed by atoms with van der Waals surface area (Å²) in [6.07, 6.45) is 3.22. The first-order valence-corrected chi connectivity index (χ1v) is 8.05. The van der Waals surface area contributed by atoms with Gasteiger partial charge in [0.1, 0.15) is 0 Å². The maximum absolute atomic E-state index is 11.5. The van der Waals surface area contributed by atoms with Crippen LogP contribution in [0.4, 0.5) is 0 Å². The normalized spacial score (nSPS) is 16.5. The van der Waals surface area contributed by atoms with Gasteiger partial charge >= 0.3 is 0 Å². The zero-order valence-corrected chi connectivity index (χ0v) is 13.5. The lowest BCUT2D eigenvalue weighted by molar-refractivity contribution is -0.122. The van der Waals surface area contributed by atoms with Crippen LogP contribution in [0.5, 0.6) is 0 Å². The molecule has 1 aromatic carbocycles. The van der Waals surface area contributed by atoms with E-state index in [0.717, 1.165) is 32.4 Å². The number of carbonyl (C=O) groups excluding carboxylic acids is 1. The summed E-state index contributed by atoms with van der Waals surface area (Å²) in [6, 6.07) is 11.1. The van der Waals surface area contributed by atoms with Gasteiger partial charge in [-0.1, -0.05) is 44.2 Å². The van der Waals surface area contributed by atoms with Crippen LogP contribution in [0.3, 0.4) is 0 Å². The average molecular weight is 288 g/mol. The first kappa shape index (κ1) is 16.0. The smallest absolute Gasteiger partial charge is 0.223 e. The molecule has 0 aromatic heterocycles. The van der Waals surface area contributed by atoms with Gasteiger partial charge in [-0.05, 0) is 37.2 Å². The lowest BCUT2D eigenvalue weighted by atomic mass is 9.79. The highest BCUT2D eigenvalue weighted by Gasteiger charge is 2.29. The van der Waals surface area contributed by atoms with Crippen molar-refractivity contribution in [3.8, 4) is 0 Å². The van der Waals surface area contributed by atoms with E-state index >= 15 is 0 Å². The Morgan fingerprint density at radius 2 is 1.90 bits per heavy atom. The summed E-state index contributed by atoms with van der Waals surface area (Å²) in [7, 11) is 0. The van der Waals surface area contributed by atoms with Gasteiger partial charge in [-0.25, -0.2) is 0 Å². The minimum Gasteiger partial charge on any atom is -0.355 e. The highest BCUT2D eigenvalue weighted by atomic mass is 16.2. The van der Waals surface area contributed by atoms with Crippen molar-refractivity contribution in [2.24, 2.45) is 5.92 Å². The molecule has 1 saturated carbocycles. The molecule has 0 bridgehead atoms. The fourth-order valence-corrected chi connectivity index (χ4v) is 2.84. The number of rotatable bonds is 8. The molecule has 116 valence electrons. The number of hydrogen-bond acceptors (Lipinski definition) is 2. The monoisotopic (exact) mass is 288 g/mol. The van der Waals surface area contributed by atoms with E-state index in [0.29, 0.717) is 12.0 Å². The molecule has 1 aliphatic carbocycles. The number of nitrogens with one attached hydrogen (secondary N) is 2.